The van der Waals surface area contributed by atoms with E-state index >= 15 is 0 Å². The molecule has 0 aliphatic carbocycles. The predicted octanol–water partition coefficient (Wildman–Crippen LogP) is 23.5. The smallest absolute Gasteiger partial charge is 0.462 e. The van der Waals surface area contributed by atoms with Crippen LogP contribution in [0.2, 0.25) is 0 Å². The van der Waals surface area contributed by atoms with Crippen molar-refractivity contribution in [1.29, 1.82) is 0 Å². The molecule has 19 heteroatoms. The van der Waals surface area contributed by atoms with Crippen molar-refractivity contribution in [2.75, 3.05) is 39.6 Å². The monoisotopic (exact) mass is 1440 g/mol. The Hall–Kier alpha value is -1.94. The summed E-state index contributed by atoms with van der Waals surface area (Å²) in [6, 6.07) is 0. The maximum atomic E-state index is 13.1. The van der Waals surface area contributed by atoms with Gasteiger partial charge in [-0.05, 0) is 37.5 Å². The van der Waals surface area contributed by atoms with Crippen molar-refractivity contribution in [2.45, 2.75) is 432 Å². The SMILES string of the molecule is CCCCCCCCCCCCCCCC(=O)O[C@H](COC(=O)CCCCCCC)COP(=O)(O)OC[C@H](O)COP(=O)(O)OC[C@@H](COC(=O)CCCCCCCCCCCCCCCCCCC(C)C)OC(=O)CCCCCCCCCCCCCCCCCCCCC(C)C. The number of aliphatic hydroxyl groups excluding tert-OH is 1. The molecule has 0 aliphatic rings. The van der Waals surface area contributed by atoms with Crippen molar-refractivity contribution in [1.82, 2.24) is 0 Å². The highest BCUT2D eigenvalue weighted by molar-refractivity contribution is 7.47. The van der Waals surface area contributed by atoms with Crippen LogP contribution in [-0.4, -0.2) is 96.7 Å². The molecule has 5 atom stereocenters. The summed E-state index contributed by atoms with van der Waals surface area (Å²) in [5, 5.41) is 10.6. The fourth-order valence-electron chi connectivity index (χ4n) is 12.2. The number of unbranched alkanes of at least 4 members (excludes halogenated alkanes) is 48. The molecule has 582 valence electrons. The molecule has 0 aromatic heterocycles. The number of phosphoric ester groups is 2. The van der Waals surface area contributed by atoms with Gasteiger partial charge in [0.2, 0.25) is 0 Å². The Kier molecular flexibility index (Phi) is 69.3. The van der Waals surface area contributed by atoms with Crippen molar-refractivity contribution < 1.29 is 80.2 Å². The number of ether oxygens (including phenoxy) is 4. The van der Waals surface area contributed by atoms with Gasteiger partial charge in [0.25, 0.3) is 0 Å². The molecule has 0 rings (SSSR count). The second kappa shape index (κ2) is 70.7. The van der Waals surface area contributed by atoms with E-state index in [9.17, 15) is 43.2 Å². The van der Waals surface area contributed by atoms with Crippen LogP contribution >= 0.6 is 15.6 Å². The van der Waals surface area contributed by atoms with E-state index < -0.39 is 97.5 Å². The zero-order valence-corrected chi connectivity index (χ0v) is 65.9. The third-order valence-corrected chi connectivity index (χ3v) is 20.4. The maximum Gasteiger partial charge on any atom is 0.472 e. The van der Waals surface area contributed by atoms with Crippen LogP contribution in [0.15, 0.2) is 0 Å². The Bertz CT molecular complexity index is 1890. The van der Waals surface area contributed by atoms with Crippen LogP contribution in [0.4, 0.5) is 0 Å². The van der Waals surface area contributed by atoms with Gasteiger partial charge in [-0.25, -0.2) is 9.13 Å². The molecule has 0 radical (unpaired) electrons. The number of phosphoric acid groups is 2. The van der Waals surface area contributed by atoms with Gasteiger partial charge in [0.15, 0.2) is 12.2 Å². The molecule has 0 amide bonds. The van der Waals surface area contributed by atoms with Gasteiger partial charge in [-0.2, -0.15) is 0 Å². The Morgan fingerprint density at radius 3 is 0.694 bits per heavy atom. The number of rotatable bonds is 78. The van der Waals surface area contributed by atoms with Crippen LogP contribution in [0, 0.1) is 11.8 Å². The van der Waals surface area contributed by atoms with Crippen LogP contribution in [-0.2, 0) is 65.4 Å². The molecule has 0 spiro atoms. The van der Waals surface area contributed by atoms with Gasteiger partial charge in [-0.1, -0.05) is 363 Å². The fraction of sp³-hybridized carbons (Fsp3) is 0.949. The van der Waals surface area contributed by atoms with Crippen molar-refractivity contribution in [3.8, 4) is 0 Å². The topological polar surface area (TPSA) is 237 Å². The average molecular weight is 1440 g/mol. The maximum absolute atomic E-state index is 13.1. The van der Waals surface area contributed by atoms with Gasteiger partial charge < -0.3 is 33.8 Å². The van der Waals surface area contributed by atoms with Crippen LogP contribution < -0.4 is 0 Å². The van der Waals surface area contributed by atoms with Crippen molar-refractivity contribution in [3.05, 3.63) is 0 Å². The van der Waals surface area contributed by atoms with E-state index in [1.54, 1.807) is 0 Å². The number of carbonyl (C=O) groups is 4. The average Bonchev–Trinajstić information content (AvgIpc) is 0.986. The molecule has 0 bridgehead atoms. The predicted molar refractivity (Wildman–Crippen MR) is 400 cm³/mol. The fourth-order valence-corrected chi connectivity index (χ4v) is 13.8. The van der Waals surface area contributed by atoms with E-state index in [1.165, 1.54) is 225 Å². The lowest BCUT2D eigenvalue weighted by molar-refractivity contribution is -0.161. The van der Waals surface area contributed by atoms with Crippen molar-refractivity contribution in [2.24, 2.45) is 11.8 Å². The van der Waals surface area contributed by atoms with Crippen LogP contribution in [0.25, 0.3) is 0 Å². The molecule has 0 heterocycles. The third-order valence-electron chi connectivity index (χ3n) is 18.5. The number of carbonyl (C=O) groups excluding carboxylic acids is 4. The Balaban J connectivity index is 5.12. The van der Waals surface area contributed by atoms with Crippen LogP contribution in [0.5, 0.6) is 0 Å². The first kappa shape index (κ1) is 96.1. The van der Waals surface area contributed by atoms with Crippen LogP contribution in [0.1, 0.15) is 414 Å². The summed E-state index contributed by atoms with van der Waals surface area (Å²) < 4.78 is 68.4. The summed E-state index contributed by atoms with van der Waals surface area (Å²) in [5.41, 5.74) is 0. The highest BCUT2D eigenvalue weighted by atomic mass is 31.2. The zero-order chi connectivity index (χ0) is 72.1. The molecular weight excluding hydrogens is 1280 g/mol. The second-order valence-corrected chi connectivity index (χ2v) is 32.3. The minimum atomic E-state index is -4.96. The highest BCUT2D eigenvalue weighted by Crippen LogP contribution is 2.45. The standard InChI is InChI=1S/C79H154O17P2/c1-7-9-11-13-14-15-16-27-35-40-45-51-57-63-78(83)95-74(67-89-76(81)61-55-47-12-10-8-2)69-93-97(85,86)91-65-73(80)66-92-98(87,88)94-70-75(68-90-77(82)62-56-50-44-39-34-30-25-22-21-24-29-33-38-43-49-54-60-72(5)6)96-79(84)64-58-52-46-41-36-31-26-20-18-17-19-23-28-32-37-42-48-53-59-71(3)4/h71-75,80H,7-70H2,1-6H3,(H,85,86)(H,87,88)/t73-,74+,75+/m0/s1. The quantitative estimate of drug-likeness (QED) is 0.0222. The van der Waals surface area contributed by atoms with E-state index in [1.807, 2.05) is 0 Å². The van der Waals surface area contributed by atoms with E-state index in [0.29, 0.717) is 25.7 Å². The second-order valence-electron chi connectivity index (χ2n) is 29.4. The molecule has 0 fully saturated rings. The molecule has 0 aromatic carbocycles. The highest BCUT2D eigenvalue weighted by Gasteiger charge is 2.30. The van der Waals surface area contributed by atoms with Gasteiger partial charge in [-0.3, -0.25) is 37.3 Å². The summed E-state index contributed by atoms with van der Waals surface area (Å²) in [6.45, 7) is 9.60. The third kappa shape index (κ3) is 72.4. The molecular formula is C79H154O17P2. The first-order valence-corrected chi connectivity index (χ1v) is 44.0. The lowest BCUT2D eigenvalue weighted by atomic mass is 10.0. The lowest BCUT2D eigenvalue weighted by Crippen LogP contribution is -2.30. The minimum absolute atomic E-state index is 0.107. The number of esters is 4. The van der Waals surface area contributed by atoms with Gasteiger partial charge in [0, 0.05) is 25.7 Å². The lowest BCUT2D eigenvalue weighted by Gasteiger charge is -2.21. The molecule has 2 unspecified atom stereocenters. The summed E-state index contributed by atoms with van der Waals surface area (Å²) in [4.78, 5) is 72.6. The van der Waals surface area contributed by atoms with E-state index in [0.717, 1.165) is 108 Å². The van der Waals surface area contributed by atoms with Gasteiger partial charge in [-0.15, -0.1) is 0 Å². The number of hydrogen-bond donors (Lipinski definition) is 3. The van der Waals surface area contributed by atoms with Crippen molar-refractivity contribution >= 4 is 39.5 Å². The van der Waals surface area contributed by atoms with E-state index in [4.69, 9.17) is 37.0 Å². The van der Waals surface area contributed by atoms with Gasteiger partial charge >= 0.3 is 39.5 Å². The summed E-state index contributed by atoms with van der Waals surface area (Å²) >= 11 is 0. The summed E-state index contributed by atoms with van der Waals surface area (Å²) in [5.74, 6) is -0.489. The molecule has 0 aromatic rings. The van der Waals surface area contributed by atoms with Gasteiger partial charge in [0.1, 0.15) is 19.3 Å². The zero-order valence-electron chi connectivity index (χ0n) is 64.1. The first-order chi connectivity index (χ1) is 47.4. The number of hydrogen-bond acceptors (Lipinski definition) is 15. The molecule has 98 heavy (non-hydrogen) atoms. The summed E-state index contributed by atoms with van der Waals surface area (Å²) in [7, 11) is -9.90. The minimum Gasteiger partial charge on any atom is -0.462 e. The number of aliphatic hydroxyl groups is 1. The van der Waals surface area contributed by atoms with Crippen molar-refractivity contribution in [3.63, 3.8) is 0 Å². The molecule has 17 nitrogen and oxygen atoms in total. The molecule has 0 aliphatic heterocycles. The molecule has 0 saturated heterocycles. The van der Waals surface area contributed by atoms with Gasteiger partial charge in [0.05, 0.1) is 26.4 Å². The summed E-state index contributed by atoms with van der Waals surface area (Å²) in [6.07, 6.45) is 60.1. The Morgan fingerprint density at radius 2 is 0.469 bits per heavy atom. The largest absolute Gasteiger partial charge is 0.472 e. The Morgan fingerprint density at radius 1 is 0.276 bits per heavy atom. The van der Waals surface area contributed by atoms with E-state index in [-0.39, 0.29) is 25.7 Å². The van der Waals surface area contributed by atoms with Crippen LogP contribution in [0.3, 0.4) is 0 Å². The molecule has 0 saturated carbocycles. The van der Waals surface area contributed by atoms with E-state index in [2.05, 4.69) is 41.5 Å². The first-order valence-electron chi connectivity index (χ1n) is 41.0. The normalized spacial score (nSPS) is 13.9. The Labute approximate surface area is 600 Å². The molecule has 3 N–H and O–H groups in total.